The molecule has 0 unspecified atom stereocenters. The zero-order valence-electron chi connectivity index (χ0n) is 10.1. The third-order valence-corrected chi connectivity index (χ3v) is 2.78. The van der Waals surface area contributed by atoms with Gasteiger partial charge in [0.25, 0.3) is 0 Å². The predicted octanol–water partition coefficient (Wildman–Crippen LogP) is 3.84. The number of carbonyl (C=O) groups excluding carboxylic acids is 1. The van der Waals surface area contributed by atoms with E-state index in [1.54, 1.807) is 6.07 Å². The molecule has 0 radical (unpaired) electrons. The Balaban J connectivity index is 1.96. The Morgan fingerprint density at radius 2 is 1.74 bits per heavy atom. The van der Waals surface area contributed by atoms with E-state index < -0.39 is 0 Å². The second kappa shape index (κ2) is 4.90. The van der Waals surface area contributed by atoms with Gasteiger partial charge in [-0.05, 0) is 36.4 Å². The van der Waals surface area contributed by atoms with E-state index in [1.165, 1.54) is 0 Å². The van der Waals surface area contributed by atoms with Gasteiger partial charge in [0.1, 0.15) is 17.2 Å². The average molecular weight is 249 g/mol. The Morgan fingerprint density at radius 3 is 2.53 bits per heavy atom. The molecule has 0 aliphatic rings. The summed E-state index contributed by atoms with van der Waals surface area (Å²) >= 11 is 0. The monoisotopic (exact) mass is 249 g/mol. The molecule has 0 saturated carbocycles. The zero-order valence-corrected chi connectivity index (χ0v) is 10.1. The van der Waals surface area contributed by atoms with Crippen molar-refractivity contribution < 1.29 is 9.53 Å². The minimum absolute atomic E-state index is 0.434. The number of nitrogens with zero attached hydrogens (tertiary/aromatic N) is 1. The van der Waals surface area contributed by atoms with Crippen molar-refractivity contribution in [3.05, 3.63) is 66.4 Å². The quantitative estimate of drug-likeness (QED) is 0.662. The Labute approximate surface area is 110 Å². The largest absolute Gasteiger partial charge is 0.457 e. The number of hydrogen-bond donors (Lipinski definition) is 0. The van der Waals surface area contributed by atoms with Crippen LogP contribution in [0.2, 0.25) is 0 Å². The molecule has 0 saturated heterocycles. The summed E-state index contributed by atoms with van der Waals surface area (Å²) in [5.74, 6) is 1.54. The molecule has 19 heavy (non-hydrogen) atoms. The molecule has 2 aromatic carbocycles. The lowest BCUT2D eigenvalue weighted by Crippen LogP contribution is -1.88. The van der Waals surface area contributed by atoms with Gasteiger partial charge in [0.15, 0.2) is 6.29 Å². The van der Waals surface area contributed by atoms with Gasteiger partial charge in [-0.15, -0.1) is 0 Å². The SMILES string of the molecule is O=Cc1ccc2cc(Oc3ccccc3)ccc2n1. The van der Waals surface area contributed by atoms with Crippen molar-refractivity contribution in [3.63, 3.8) is 0 Å². The molecule has 3 aromatic rings. The van der Waals surface area contributed by atoms with Gasteiger partial charge in [-0.25, -0.2) is 4.98 Å². The highest BCUT2D eigenvalue weighted by molar-refractivity contribution is 5.84. The predicted molar refractivity (Wildman–Crippen MR) is 73.6 cm³/mol. The van der Waals surface area contributed by atoms with E-state index in [-0.39, 0.29) is 0 Å². The van der Waals surface area contributed by atoms with Crippen LogP contribution in [-0.2, 0) is 0 Å². The third-order valence-electron chi connectivity index (χ3n) is 2.78. The van der Waals surface area contributed by atoms with E-state index in [1.807, 2.05) is 54.6 Å². The molecule has 1 aromatic heterocycles. The summed E-state index contributed by atoms with van der Waals surface area (Å²) in [5.41, 5.74) is 1.22. The summed E-state index contributed by atoms with van der Waals surface area (Å²) in [5, 5.41) is 0.944. The first-order chi connectivity index (χ1) is 9.35. The van der Waals surface area contributed by atoms with Gasteiger partial charge in [-0.3, -0.25) is 4.79 Å². The Hall–Kier alpha value is -2.68. The number of pyridine rings is 1. The van der Waals surface area contributed by atoms with Crippen LogP contribution in [0.1, 0.15) is 10.5 Å². The molecule has 0 spiro atoms. The number of rotatable bonds is 3. The highest BCUT2D eigenvalue weighted by Crippen LogP contribution is 2.24. The number of para-hydroxylation sites is 1. The highest BCUT2D eigenvalue weighted by Gasteiger charge is 2.01. The summed E-state index contributed by atoms with van der Waals surface area (Å²) in [4.78, 5) is 14.9. The standard InChI is InChI=1S/C16H11NO2/c18-11-13-7-6-12-10-15(8-9-16(12)17-13)19-14-4-2-1-3-5-14/h1-11H. The molecule has 92 valence electrons. The van der Waals surface area contributed by atoms with E-state index in [2.05, 4.69) is 4.98 Å². The van der Waals surface area contributed by atoms with Crippen LogP contribution in [0.3, 0.4) is 0 Å². The number of aromatic nitrogens is 1. The van der Waals surface area contributed by atoms with E-state index in [0.29, 0.717) is 5.69 Å². The van der Waals surface area contributed by atoms with Crippen LogP contribution in [0.25, 0.3) is 10.9 Å². The first-order valence-corrected chi connectivity index (χ1v) is 5.94. The molecule has 0 N–H and O–H groups in total. The maximum absolute atomic E-state index is 10.7. The van der Waals surface area contributed by atoms with Crippen LogP contribution in [-0.4, -0.2) is 11.3 Å². The van der Waals surface area contributed by atoms with Gasteiger partial charge in [-0.2, -0.15) is 0 Å². The summed E-state index contributed by atoms with van der Waals surface area (Å²) in [6.45, 7) is 0. The number of fused-ring (bicyclic) bond motifs is 1. The summed E-state index contributed by atoms with van der Waals surface area (Å²) < 4.78 is 5.75. The zero-order chi connectivity index (χ0) is 13.1. The van der Waals surface area contributed by atoms with Crippen molar-refractivity contribution in [1.82, 2.24) is 4.98 Å². The van der Waals surface area contributed by atoms with Gasteiger partial charge in [0.2, 0.25) is 0 Å². The molecule has 1 heterocycles. The third kappa shape index (κ3) is 2.45. The number of ether oxygens (including phenoxy) is 1. The molecular weight excluding hydrogens is 238 g/mol. The van der Waals surface area contributed by atoms with E-state index >= 15 is 0 Å². The fourth-order valence-electron chi connectivity index (χ4n) is 1.87. The van der Waals surface area contributed by atoms with Gasteiger partial charge >= 0.3 is 0 Å². The number of hydrogen-bond acceptors (Lipinski definition) is 3. The average Bonchev–Trinajstić information content (AvgIpc) is 2.48. The molecule has 3 rings (SSSR count). The van der Waals surface area contributed by atoms with E-state index in [0.717, 1.165) is 28.7 Å². The summed E-state index contributed by atoms with van der Waals surface area (Å²) in [6, 6.07) is 18.8. The molecule has 3 heteroatoms. The van der Waals surface area contributed by atoms with Crippen LogP contribution >= 0.6 is 0 Å². The molecule has 3 nitrogen and oxygen atoms in total. The highest BCUT2D eigenvalue weighted by atomic mass is 16.5. The van der Waals surface area contributed by atoms with Crippen LogP contribution in [0, 0.1) is 0 Å². The van der Waals surface area contributed by atoms with Crippen molar-refractivity contribution in [3.8, 4) is 11.5 Å². The molecule has 0 aliphatic carbocycles. The Morgan fingerprint density at radius 1 is 0.895 bits per heavy atom. The van der Waals surface area contributed by atoms with Crippen LogP contribution in [0.15, 0.2) is 60.7 Å². The molecule has 0 bridgehead atoms. The van der Waals surface area contributed by atoms with Crippen molar-refractivity contribution in [2.45, 2.75) is 0 Å². The van der Waals surface area contributed by atoms with Gasteiger partial charge in [0, 0.05) is 5.39 Å². The van der Waals surface area contributed by atoms with Gasteiger partial charge < -0.3 is 4.74 Å². The lowest BCUT2D eigenvalue weighted by atomic mass is 10.2. The second-order valence-electron chi connectivity index (χ2n) is 4.12. The minimum Gasteiger partial charge on any atom is -0.457 e. The Bertz CT molecular complexity index is 723. The second-order valence-corrected chi connectivity index (χ2v) is 4.12. The maximum Gasteiger partial charge on any atom is 0.168 e. The van der Waals surface area contributed by atoms with E-state index in [9.17, 15) is 4.79 Å². The smallest absolute Gasteiger partial charge is 0.168 e. The van der Waals surface area contributed by atoms with Crippen molar-refractivity contribution in [2.24, 2.45) is 0 Å². The van der Waals surface area contributed by atoms with Crippen LogP contribution < -0.4 is 4.74 Å². The topological polar surface area (TPSA) is 39.2 Å². The number of benzene rings is 2. The molecular formula is C16H11NO2. The normalized spacial score (nSPS) is 10.3. The van der Waals surface area contributed by atoms with Crippen LogP contribution in [0.4, 0.5) is 0 Å². The fraction of sp³-hybridized carbons (Fsp3) is 0. The first kappa shape index (κ1) is 11.4. The lowest BCUT2D eigenvalue weighted by Gasteiger charge is -2.06. The Kier molecular flexibility index (Phi) is 2.94. The minimum atomic E-state index is 0.434. The van der Waals surface area contributed by atoms with Crippen molar-refractivity contribution in [1.29, 1.82) is 0 Å². The van der Waals surface area contributed by atoms with Crippen molar-refractivity contribution >= 4 is 17.2 Å². The fourth-order valence-corrected chi connectivity index (χ4v) is 1.87. The summed E-state index contributed by atoms with van der Waals surface area (Å²) in [6.07, 6.45) is 0.744. The molecule has 0 atom stereocenters. The van der Waals surface area contributed by atoms with Crippen LogP contribution in [0.5, 0.6) is 11.5 Å². The van der Waals surface area contributed by atoms with E-state index in [4.69, 9.17) is 4.74 Å². The molecule has 0 aliphatic heterocycles. The van der Waals surface area contributed by atoms with Gasteiger partial charge in [0.05, 0.1) is 5.52 Å². The maximum atomic E-state index is 10.7. The van der Waals surface area contributed by atoms with Crippen molar-refractivity contribution in [2.75, 3.05) is 0 Å². The number of carbonyl (C=O) groups is 1. The van der Waals surface area contributed by atoms with Gasteiger partial charge in [-0.1, -0.05) is 24.3 Å². The number of aldehydes is 1. The first-order valence-electron chi connectivity index (χ1n) is 5.94. The lowest BCUT2D eigenvalue weighted by molar-refractivity contribution is 0.111. The molecule has 0 amide bonds. The molecule has 0 fully saturated rings. The summed E-state index contributed by atoms with van der Waals surface area (Å²) in [7, 11) is 0.